The Labute approximate surface area is 194 Å². The second-order valence-electron chi connectivity index (χ2n) is 7.22. The molecule has 0 fully saturated rings. The first-order valence-electron chi connectivity index (χ1n) is 9.85. The monoisotopic (exact) mass is 491 g/mol. The van der Waals surface area contributed by atoms with Gasteiger partial charge in [0, 0.05) is 5.56 Å². The lowest BCUT2D eigenvalue weighted by molar-refractivity contribution is -0.137. The van der Waals surface area contributed by atoms with E-state index in [1.54, 1.807) is 19.1 Å². The Hall–Kier alpha value is -3.86. The summed E-state index contributed by atoms with van der Waals surface area (Å²) < 4.78 is 66.8. The molecule has 0 aliphatic carbocycles. The van der Waals surface area contributed by atoms with Gasteiger partial charge in [0.2, 0.25) is 0 Å². The highest BCUT2D eigenvalue weighted by Crippen LogP contribution is 2.33. The van der Waals surface area contributed by atoms with Crippen molar-refractivity contribution in [2.75, 3.05) is 10.8 Å². The number of para-hydroxylation sites is 1. The van der Waals surface area contributed by atoms with Crippen molar-refractivity contribution in [3.8, 4) is 5.75 Å². The van der Waals surface area contributed by atoms with Gasteiger partial charge in [0.1, 0.15) is 12.3 Å². The zero-order valence-corrected chi connectivity index (χ0v) is 18.6. The normalized spacial score (nSPS) is 12.0. The molecule has 0 atom stereocenters. The van der Waals surface area contributed by atoms with E-state index in [4.69, 9.17) is 0 Å². The van der Waals surface area contributed by atoms with Crippen LogP contribution in [0.3, 0.4) is 0 Å². The Morgan fingerprint density at radius 1 is 1.06 bits per heavy atom. The second kappa shape index (κ2) is 9.96. The lowest BCUT2D eigenvalue weighted by Gasteiger charge is -2.24. The summed E-state index contributed by atoms with van der Waals surface area (Å²) in [4.78, 5) is 12.3. The minimum absolute atomic E-state index is 0.0898. The number of phenolic OH excluding ortho intramolecular Hbond substituents is 1. The van der Waals surface area contributed by atoms with Crippen molar-refractivity contribution in [3.63, 3.8) is 0 Å². The number of benzene rings is 3. The van der Waals surface area contributed by atoms with Gasteiger partial charge in [-0.05, 0) is 49.4 Å². The van der Waals surface area contributed by atoms with Crippen LogP contribution in [-0.2, 0) is 21.0 Å². The Morgan fingerprint density at radius 2 is 1.74 bits per heavy atom. The molecule has 7 nitrogen and oxygen atoms in total. The van der Waals surface area contributed by atoms with Crippen molar-refractivity contribution in [3.05, 3.63) is 89.5 Å². The van der Waals surface area contributed by atoms with Crippen LogP contribution >= 0.6 is 0 Å². The molecule has 0 aromatic heterocycles. The number of phenols is 1. The molecule has 0 spiro atoms. The van der Waals surface area contributed by atoms with Gasteiger partial charge >= 0.3 is 6.18 Å². The third-order valence-electron chi connectivity index (χ3n) is 4.69. The zero-order valence-electron chi connectivity index (χ0n) is 17.8. The molecule has 0 heterocycles. The molecule has 0 unspecified atom stereocenters. The summed E-state index contributed by atoms with van der Waals surface area (Å²) in [5.41, 5.74) is 1.80. The maximum Gasteiger partial charge on any atom is 0.416 e. The van der Waals surface area contributed by atoms with E-state index in [1.807, 2.05) is 0 Å². The number of carbonyl (C=O) groups excluding carboxylic acids is 1. The van der Waals surface area contributed by atoms with Gasteiger partial charge in [0.25, 0.3) is 15.9 Å². The largest absolute Gasteiger partial charge is 0.507 e. The molecule has 11 heteroatoms. The Balaban J connectivity index is 1.93. The number of amides is 1. The van der Waals surface area contributed by atoms with E-state index in [1.165, 1.54) is 42.5 Å². The summed E-state index contributed by atoms with van der Waals surface area (Å²) >= 11 is 0. The van der Waals surface area contributed by atoms with E-state index in [2.05, 4.69) is 10.5 Å². The van der Waals surface area contributed by atoms with Crippen molar-refractivity contribution < 1.29 is 31.5 Å². The van der Waals surface area contributed by atoms with Crippen LogP contribution in [-0.4, -0.2) is 32.2 Å². The molecular weight excluding hydrogens is 471 g/mol. The lowest BCUT2D eigenvalue weighted by Crippen LogP contribution is -2.39. The molecule has 178 valence electrons. The number of nitrogens with one attached hydrogen (secondary N) is 1. The van der Waals surface area contributed by atoms with E-state index in [-0.39, 0.29) is 16.3 Å². The highest BCUT2D eigenvalue weighted by molar-refractivity contribution is 7.92. The van der Waals surface area contributed by atoms with Gasteiger partial charge in [-0.25, -0.2) is 13.8 Å². The van der Waals surface area contributed by atoms with Gasteiger partial charge < -0.3 is 5.11 Å². The molecule has 1 amide bonds. The maximum absolute atomic E-state index is 13.3. The van der Waals surface area contributed by atoms with Crippen LogP contribution in [0.5, 0.6) is 5.75 Å². The fraction of sp³-hybridized carbons (Fsp3) is 0.130. The predicted octanol–water partition coefficient (Wildman–Crippen LogP) is 4.07. The van der Waals surface area contributed by atoms with Crippen LogP contribution < -0.4 is 9.73 Å². The van der Waals surface area contributed by atoms with Crippen LogP contribution in [0.1, 0.15) is 16.7 Å². The zero-order chi connectivity index (χ0) is 24.9. The number of aryl methyl sites for hydroxylation is 1. The average Bonchev–Trinajstić information content (AvgIpc) is 2.78. The molecule has 0 saturated heterocycles. The average molecular weight is 491 g/mol. The van der Waals surface area contributed by atoms with Gasteiger partial charge in [-0.15, -0.1) is 0 Å². The molecule has 3 aromatic carbocycles. The molecule has 0 saturated carbocycles. The molecule has 0 bridgehead atoms. The molecule has 0 radical (unpaired) electrons. The number of nitrogens with zero attached hydrogens (tertiary/aromatic N) is 2. The minimum atomic E-state index is -4.71. The fourth-order valence-corrected chi connectivity index (χ4v) is 4.34. The van der Waals surface area contributed by atoms with Crippen molar-refractivity contribution in [1.29, 1.82) is 0 Å². The van der Waals surface area contributed by atoms with Crippen LogP contribution in [0, 0.1) is 6.92 Å². The summed E-state index contributed by atoms with van der Waals surface area (Å²) in [6, 6.07) is 15.5. The SMILES string of the molecule is Cc1ccc(S(=O)(=O)N(CC(=O)N/N=C\c2ccccc2O)c2cccc(C(F)(F)F)c2)cc1. The van der Waals surface area contributed by atoms with Gasteiger partial charge in [0.15, 0.2) is 0 Å². The minimum Gasteiger partial charge on any atom is -0.507 e. The summed E-state index contributed by atoms with van der Waals surface area (Å²) in [6.07, 6.45) is -3.56. The topological polar surface area (TPSA) is 99.1 Å². The van der Waals surface area contributed by atoms with Crippen molar-refractivity contribution in [2.45, 2.75) is 18.0 Å². The quantitative estimate of drug-likeness (QED) is 0.385. The van der Waals surface area contributed by atoms with Crippen molar-refractivity contribution in [2.24, 2.45) is 5.10 Å². The number of hydrogen-bond donors (Lipinski definition) is 2. The number of anilines is 1. The van der Waals surface area contributed by atoms with E-state index < -0.39 is 34.2 Å². The molecule has 0 aliphatic heterocycles. The van der Waals surface area contributed by atoms with E-state index >= 15 is 0 Å². The summed E-state index contributed by atoms with van der Waals surface area (Å²) in [5.74, 6) is -0.993. The van der Waals surface area contributed by atoms with Crippen LogP contribution in [0.25, 0.3) is 0 Å². The third kappa shape index (κ3) is 5.93. The molecule has 34 heavy (non-hydrogen) atoms. The molecule has 2 N–H and O–H groups in total. The molecule has 3 rings (SSSR count). The summed E-state index contributed by atoms with van der Waals surface area (Å²) in [5, 5.41) is 13.4. The summed E-state index contributed by atoms with van der Waals surface area (Å²) in [6.45, 7) is 0.909. The number of aromatic hydroxyl groups is 1. The highest BCUT2D eigenvalue weighted by atomic mass is 32.2. The number of halogens is 3. The number of rotatable bonds is 7. The van der Waals surface area contributed by atoms with E-state index in [9.17, 15) is 31.5 Å². The first-order valence-corrected chi connectivity index (χ1v) is 11.3. The van der Waals surface area contributed by atoms with Crippen molar-refractivity contribution >= 4 is 27.8 Å². The summed E-state index contributed by atoms with van der Waals surface area (Å²) in [7, 11) is -4.40. The number of hydrazone groups is 1. The van der Waals surface area contributed by atoms with E-state index in [0.29, 0.717) is 15.9 Å². The van der Waals surface area contributed by atoms with Gasteiger partial charge in [-0.1, -0.05) is 35.9 Å². The van der Waals surface area contributed by atoms with Crippen LogP contribution in [0.4, 0.5) is 18.9 Å². The highest BCUT2D eigenvalue weighted by Gasteiger charge is 2.33. The van der Waals surface area contributed by atoms with Crippen LogP contribution in [0.2, 0.25) is 0 Å². The Morgan fingerprint density at radius 3 is 2.38 bits per heavy atom. The van der Waals surface area contributed by atoms with Crippen LogP contribution in [0.15, 0.2) is 82.8 Å². The number of hydrogen-bond acceptors (Lipinski definition) is 5. The molecular formula is C23H20F3N3O4S. The number of sulfonamides is 1. The number of carbonyl (C=O) groups is 1. The molecule has 0 aliphatic rings. The Kier molecular flexibility index (Phi) is 7.26. The van der Waals surface area contributed by atoms with Gasteiger partial charge in [-0.2, -0.15) is 18.3 Å². The van der Waals surface area contributed by atoms with Gasteiger partial charge in [0.05, 0.1) is 22.4 Å². The smallest absolute Gasteiger partial charge is 0.416 e. The second-order valence-corrected chi connectivity index (χ2v) is 9.09. The predicted molar refractivity (Wildman–Crippen MR) is 121 cm³/mol. The van der Waals surface area contributed by atoms with Gasteiger partial charge in [-0.3, -0.25) is 9.10 Å². The number of alkyl halides is 3. The first-order chi connectivity index (χ1) is 16.0. The Bertz CT molecular complexity index is 1310. The lowest BCUT2D eigenvalue weighted by atomic mass is 10.2. The maximum atomic E-state index is 13.3. The third-order valence-corrected chi connectivity index (χ3v) is 6.48. The fourth-order valence-electron chi connectivity index (χ4n) is 2.93. The molecule has 3 aromatic rings. The van der Waals surface area contributed by atoms with E-state index in [0.717, 1.165) is 23.9 Å². The standard InChI is InChI=1S/C23H20F3N3O4S/c1-16-9-11-20(12-10-16)34(32,33)29(19-7-4-6-18(13-19)23(24,25)26)15-22(31)28-27-14-17-5-2-3-8-21(17)30/h2-14,30H,15H2,1H3,(H,28,31)/b27-14-. The first kappa shape index (κ1) is 24.8. The van der Waals surface area contributed by atoms with Crippen molar-refractivity contribution in [1.82, 2.24) is 5.43 Å².